The van der Waals surface area contributed by atoms with Gasteiger partial charge in [-0.15, -0.1) is 0 Å². The lowest BCUT2D eigenvalue weighted by Crippen LogP contribution is -1.92. The number of allylic oxidation sites excluding steroid dienone is 4. The maximum atomic E-state index is 10.7. The third kappa shape index (κ3) is 9.28. The van der Waals surface area contributed by atoms with Gasteiger partial charge in [0.1, 0.15) is 5.78 Å². The number of hydrogen-bond donors (Lipinski definition) is 0. The highest BCUT2D eigenvalue weighted by Crippen LogP contribution is 2.18. The number of carbonyl (C=O) groups excluding carboxylic acids is 1. The molecule has 0 saturated heterocycles. The Morgan fingerprint density at radius 2 is 1.92 bits per heavy atom. The van der Waals surface area contributed by atoms with Crippen LogP contribution in [0.15, 0.2) is 35.4 Å². The molecule has 74 valence electrons. The molecule has 0 N–H and O–H groups in total. The van der Waals surface area contributed by atoms with Crippen LogP contribution in [-0.2, 0) is 4.79 Å². The van der Waals surface area contributed by atoms with E-state index in [-0.39, 0.29) is 5.78 Å². The Balaban J connectivity index is 0. The van der Waals surface area contributed by atoms with E-state index < -0.39 is 0 Å². The molecule has 0 aliphatic rings. The van der Waals surface area contributed by atoms with Crippen molar-refractivity contribution in [1.82, 2.24) is 0 Å². The first-order valence-corrected chi connectivity index (χ1v) is 5.03. The molecule has 0 bridgehead atoms. The molecule has 1 nitrogen and oxygen atoms in total. The van der Waals surface area contributed by atoms with Gasteiger partial charge in [0, 0.05) is 10.9 Å². The fourth-order valence-corrected chi connectivity index (χ4v) is 0.928. The molecule has 0 heterocycles. The van der Waals surface area contributed by atoms with Crippen LogP contribution in [0.4, 0.5) is 0 Å². The van der Waals surface area contributed by atoms with Gasteiger partial charge in [-0.3, -0.25) is 4.79 Å². The first-order valence-electron chi connectivity index (χ1n) is 4.23. The summed E-state index contributed by atoms with van der Waals surface area (Å²) in [4.78, 5) is 10.7. The second-order valence-electron chi connectivity index (χ2n) is 2.21. The number of ketones is 1. The monoisotopic (exact) mass is 244 g/mol. The number of halogens is 1. The van der Waals surface area contributed by atoms with E-state index in [0.717, 1.165) is 10.1 Å². The maximum Gasteiger partial charge on any atom is 0.134 e. The molecule has 0 fully saturated rings. The smallest absolute Gasteiger partial charge is 0.134 e. The minimum Gasteiger partial charge on any atom is -0.300 e. The summed E-state index contributed by atoms with van der Waals surface area (Å²) in [5, 5.41) is 0. The van der Waals surface area contributed by atoms with Gasteiger partial charge in [0.2, 0.25) is 0 Å². The maximum absolute atomic E-state index is 10.7. The van der Waals surface area contributed by atoms with Crippen molar-refractivity contribution in [3.63, 3.8) is 0 Å². The largest absolute Gasteiger partial charge is 0.300 e. The molecule has 0 amide bonds. The van der Waals surface area contributed by atoms with Gasteiger partial charge in [-0.25, -0.2) is 0 Å². The van der Waals surface area contributed by atoms with Crippen LogP contribution in [0.3, 0.4) is 0 Å². The van der Waals surface area contributed by atoms with E-state index in [1.54, 1.807) is 19.1 Å². The highest BCUT2D eigenvalue weighted by molar-refractivity contribution is 9.11. The Morgan fingerprint density at radius 1 is 1.46 bits per heavy atom. The molecule has 0 radical (unpaired) electrons. The highest BCUT2D eigenvalue weighted by Gasteiger charge is 2.01. The van der Waals surface area contributed by atoms with Gasteiger partial charge in [0.05, 0.1) is 0 Å². The van der Waals surface area contributed by atoms with E-state index in [1.807, 2.05) is 13.8 Å². The van der Waals surface area contributed by atoms with Gasteiger partial charge in [-0.05, 0) is 12.5 Å². The number of hydrogen-bond acceptors (Lipinski definition) is 1. The summed E-state index contributed by atoms with van der Waals surface area (Å²) in [6.07, 6.45) is 3.83. The Labute approximate surface area is 89.4 Å². The van der Waals surface area contributed by atoms with Crippen molar-refractivity contribution >= 4 is 21.7 Å². The van der Waals surface area contributed by atoms with Crippen LogP contribution in [0.5, 0.6) is 0 Å². The molecule has 0 rings (SSSR count). The second-order valence-corrected chi connectivity index (χ2v) is 3.17. The summed E-state index contributed by atoms with van der Waals surface area (Å²) in [6.45, 7) is 12.8. The third-order valence-electron chi connectivity index (χ3n) is 1.11. The summed E-state index contributed by atoms with van der Waals surface area (Å²) < 4.78 is 0.743. The van der Waals surface area contributed by atoms with Crippen LogP contribution < -0.4 is 0 Å². The van der Waals surface area contributed by atoms with Crippen LogP contribution in [0.1, 0.15) is 27.2 Å². The zero-order valence-electron chi connectivity index (χ0n) is 8.56. The molecule has 0 aliphatic heterocycles. The van der Waals surface area contributed by atoms with Crippen molar-refractivity contribution in [2.24, 2.45) is 0 Å². The Bertz CT molecular complexity index is 214. The molecule has 0 aromatic carbocycles. The standard InChI is InChI=1S/C9H11BrO.C2H6/c1-4-5-9(8(3)10)6-7(2)11;1-2/h4-5H,1,3,6H2,2H3;1-2H3/b9-5-;. The van der Waals surface area contributed by atoms with Crippen molar-refractivity contribution in [2.75, 3.05) is 0 Å². The summed E-state index contributed by atoms with van der Waals surface area (Å²) >= 11 is 3.21. The van der Waals surface area contributed by atoms with Gasteiger partial charge < -0.3 is 0 Å². The van der Waals surface area contributed by atoms with Crippen LogP contribution in [0.25, 0.3) is 0 Å². The van der Waals surface area contributed by atoms with Crippen molar-refractivity contribution in [3.05, 3.63) is 35.4 Å². The first-order chi connectivity index (χ1) is 6.07. The van der Waals surface area contributed by atoms with E-state index in [4.69, 9.17) is 0 Å². The van der Waals surface area contributed by atoms with Gasteiger partial charge in [-0.2, -0.15) is 0 Å². The normalized spacial score (nSPS) is 9.69. The molecule has 0 aliphatic carbocycles. The highest BCUT2D eigenvalue weighted by atomic mass is 79.9. The lowest BCUT2D eigenvalue weighted by molar-refractivity contribution is -0.116. The van der Waals surface area contributed by atoms with Gasteiger partial charge >= 0.3 is 0 Å². The molecule has 0 atom stereocenters. The first kappa shape index (κ1) is 14.9. The van der Waals surface area contributed by atoms with Crippen LogP contribution in [-0.4, -0.2) is 5.78 Å². The molecule has 0 aromatic heterocycles. The van der Waals surface area contributed by atoms with Crippen molar-refractivity contribution in [1.29, 1.82) is 0 Å². The predicted molar refractivity (Wildman–Crippen MR) is 63.0 cm³/mol. The van der Waals surface area contributed by atoms with E-state index in [0.29, 0.717) is 6.42 Å². The summed E-state index contributed by atoms with van der Waals surface area (Å²) in [7, 11) is 0. The molecule has 2 heteroatoms. The van der Waals surface area contributed by atoms with Crippen LogP contribution >= 0.6 is 15.9 Å². The zero-order valence-corrected chi connectivity index (χ0v) is 10.1. The molecule has 13 heavy (non-hydrogen) atoms. The van der Waals surface area contributed by atoms with E-state index >= 15 is 0 Å². The topological polar surface area (TPSA) is 17.1 Å². The Kier molecular flexibility index (Phi) is 10.8. The van der Waals surface area contributed by atoms with Crippen LogP contribution in [0, 0.1) is 0 Å². The van der Waals surface area contributed by atoms with Gasteiger partial charge in [0.25, 0.3) is 0 Å². The van der Waals surface area contributed by atoms with Crippen LogP contribution in [0.2, 0.25) is 0 Å². The minimum absolute atomic E-state index is 0.124. The quantitative estimate of drug-likeness (QED) is 0.684. The zero-order chi connectivity index (χ0) is 10.9. The summed E-state index contributed by atoms with van der Waals surface area (Å²) in [5.41, 5.74) is 0.882. The van der Waals surface area contributed by atoms with Gasteiger partial charge in [-0.1, -0.05) is 55.1 Å². The molecule has 0 spiro atoms. The lowest BCUT2D eigenvalue weighted by Gasteiger charge is -1.99. The molecule has 0 aromatic rings. The summed E-state index contributed by atoms with van der Waals surface area (Å²) in [5.74, 6) is 0.124. The van der Waals surface area contributed by atoms with Crippen molar-refractivity contribution < 1.29 is 4.79 Å². The van der Waals surface area contributed by atoms with E-state index in [9.17, 15) is 4.79 Å². The lowest BCUT2D eigenvalue weighted by atomic mass is 10.1. The number of carbonyl (C=O) groups is 1. The fourth-order valence-electron chi connectivity index (χ4n) is 0.656. The molecular formula is C11H17BrO. The fraction of sp³-hybridized carbons (Fsp3) is 0.364. The van der Waals surface area contributed by atoms with E-state index in [1.165, 1.54) is 0 Å². The van der Waals surface area contributed by atoms with E-state index in [2.05, 4.69) is 29.1 Å². The third-order valence-corrected chi connectivity index (χ3v) is 1.62. The number of Topliss-reactive ketones (excluding diaryl/α,β-unsaturated/α-hetero) is 1. The van der Waals surface area contributed by atoms with Crippen molar-refractivity contribution in [2.45, 2.75) is 27.2 Å². The Morgan fingerprint density at radius 3 is 2.15 bits per heavy atom. The SMILES string of the molecule is C=C/C=C(/CC(C)=O)C(=C)Br.CC. The van der Waals surface area contributed by atoms with Crippen molar-refractivity contribution in [3.8, 4) is 0 Å². The predicted octanol–water partition coefficient (Wildman–Crippen LogP) is 4.01. The number of rotatable bonds is 4. The Hall–Kier alpha value is -0.630. The average Bonchev–Trinajstić information content (AvgIpc) is 2.06. The van der Waals surface area contributed by atoms with Gasteiger partial charge in [0.15, 0.2) is 0 Å². The molecule has 0 saturated carbocycles. The molecular weight excluding hydrogens is 228 g/mol. The molecule has 0 unspecified atom stereocenters. The minimum atomic E-state index is 0.124. The average molecular weight is 245 g/mol. The second kappa shape index (κ2) is 9.46. The summed E-state index contributed by atoms with van der Waals surface area (Å²) in [6, 6.07) is 0.